The van der Waals surface area contributed by atoms with Crippen molar-refractivity contribution in [2.75, 3.05) is 0 Å². The highest BCUT2D eigenvalue weighted by Gasteiger charge is 2.26. The molecule has 1 aromatic heterocycles. The Balaban J connectivity index is 1.91. The fraction of sp³-hybridized carbons (Fsp3) is 0.130. The van der Waals surface area contributed by atoms with Gasteiger partial charge in [0.1, 0.15) is 17.7 Å². The van der Waals surface area contributed by atoms with Crippen LogP contribution in [0.2, 0.25) is 0 Å². The Morgan fingerprint density at radius 2 is 1.64 bits per heavy atom. The van der Waals surface area contributed by atoms with Crippen LogP contribution >= 0.6 is 0 Å². The van der Waals surface area contributed by atoms with E-state index in [1.165, 1.54) is 24.3 Å². The largest absolute Gasteiger partial charge is 0.390 e. The lowest BCUT2D eigenvalue weighted by Crippen LogP contribution is -2.04. The van der Waals surface area contributed by atoms with Gasteiger partial charge in [-0.3, -0.25) is 0 Å². The van der Waals surface area contributed by atoms with Crippen molar-refractivity contribution in [1.82, 2.24) is 4.98 Å². The van der Waals surface area contributed by atoms with Crippen molar-refractivity contribution in [1.29, 1.82) is 5.26 Å². The second kappa shape index (κ2) is 7.34. The molecule has 0 spiro atoms. The van der Waals surface area contributed by atoms with Gasteiger partial charge in [-0.1, -0.05) is 24.3 Å². The van der Waals surface area contributed by atoms with Crippen LogP contribution in [0.5, 0.6) is 0 Å². The summed E-state index contributed by atoms with van der Waals surface area (Å²) >= 11 is 0. The van der Waals surface area contributed by atoms with E-state index >= 15 is 0 Å². The predicted octanol–water partition coefficient (Wildman–Crippen LogP) is 4.88. The van der Waals surface area contributed by atoms with E-state index in [4.69, 9.17) is 0 Å². The molecule has 0 saturated heterocycles. The number of aliphatic hydroxyl groups is 1. The Hall–Kier alpha value is -3.36. The average molecular weight is 374 g/mol. The zero-order chi connectivity index (χ0) is 19.7. The molecule has 0 aliphatic heterocycles. The van der Waals surface area contributed by atoms with Gasteiger partial charge in [0.25, 0.3) is 0 Å². The summed E-state index contributed by atoms with van der Waals surface area (Å²) in [5, 5.41) is 19.4. The summed E-state index contributed by atoms with van der Waals surface area (Å²) in [6, 6.07) is 14.3. The minimum Gasteiger partial charge on any atom is -0.390 e. The second-order valence-corrected chi connectivity index (χ2v) is 6.63. The SMILES string of the molecule is N#Cc1c(CO)nc2c(c1-c1ccc(F)cc1)CC/C2=C\c1ccc(F)cc1. The maximum Gasteiger partial charge on any atom is 0.123 e. The van der Waals surface area contributed by atoms with E-state index in [1.807, 2.05) is 6.08 Å². The molecule has 0 radical (unpaired) electrons. The van der Waals surface area contributed by atoms with Gasteiger partial charge in [0.15, 0.2) is 0 Å². The lowest BCUT2D eigenvalue weighted by Gasteiger charge is -2.14. The Kier molecular flexibility index (Phi) is 4.72. The summed E-state index contributed by atoms with van der Waals surface area (Å²) in [7, 11) is 0. The summed E-state index contributed by atoms with van der Waals surface area (Å²) in [5.41, 5.74) is 5.48. The molecule has 0 atom stereocenters. The highest BCUT2D eigenvalue weighted by atomic mass is 19.1. The second-order valence-electron chi connectivity index (χ2n) is 6.63. The topological polar surface area (TPSA) is 56.9 Å². The smallest absolute Gasteiger partial charge is 0.123 e. The maximum atomic E-state index is 13.4. The number of pyridine rings is 1. The Morgan fingerprint density at radius 3 is 2.25 bits per heavy atom. The van der Waals surface area contributed by atoms with Crippen LogP contribution in [0.1, 0.15) is 34.5 Å². The van der Waals surface area contributed by atoms with E-state index in [0.717, 1.165) is 22.4 Å². The van der Waals surface area contributed by atoms with Crippen molar-refractivity contribution in [3.63, 3.8) is 0 Å². The third kappa shape index (κ3) is 3.19. The Morgan fingerprint density at radius 1 is 1.00 bits per heavy atom. The van der Waals surface area contributed by atoms with Crippen LogP contribution in [-0.4, -0.2) is 10.1 Å². The monoisotopic (exact) mass is 374 g/mol. The quantitative estimate of drug-likeness (QED) is 0.711. The van der Waals surface area contributed by atoms with Gasteiger partial charge in [-0.25, -0.2) is 13.8 Å². The van der Waals surface area contributed by atoms with Crippen LogP contribution in [0.15, 0.2) is 48.5 Å². The van der Waals surface area contributed by atoms with Crippen LogP contribution in [0.25, 0.3) is 22.8 Å². The first-order chi connectivity index (χ1) is 13.6. The molecule has 1 N–H and O–H groups in total. The first kappa shape index (κ1) is 18.0. The molecule has 3 aromatic rings. The standard InChI is InChI=1S/C23H16F2N2O/c24-17-6-1-14(2-7-17)11-16-5-10-19-22(15-3-8-18(25)9-4-15)20(12-26)21(13-28)27-23(16)19/h1-4,6-9,11,28H,5,10,13H2/b16-11+. The van der Waals surface area contributed by atoms with Gasteiger partial charge in [0, 0.05) is 5.56 Å². The van der Waals surface area contributed by atoms with Gasteiger partial charge in [0.2, 0.25) is 0 Å². The van der Waals surface area contributed by atoms with Crippen molar-refractivity contribution < 1.29 is 13.9 Å². The minimum atomic E-state index is -0.367. The fourth-order valence-corrected chi connectivity index (χ4v) is 3.63. The molecule has 138 valence electrons. The zero-order valence-electron chi connectivity index (χ0n) is 14.9. The lowest BCUT2D eigenvalue weighted by atomic mass is 9.93. The van der Waals surface area contributed by atoms with Crippen molar-refractivity contribution in [2.24, 2.45) is 0 Å². The molecule has 0 fully saturated rings. The van der Waals surface area contributed by atoms with Crippen LogP contribution in [0, 0.1) is 23.0 Å². The molecule has 0 saturated carbocycles. The van der Waals surface area contributed by atoms with Crippen molar-refractivity contribution >= 4 is 11.6 Å². The normalized spacial score (nSPS) is 14.1. The number of benzene rings is 2. The molecule has 1 aliphatic carbocycles. The number of hydrogen-bond donors (Lipinski definition) is 1. The summed E-state index contributed by atoms with van der Waals surface area (Å²) < 4.78 is 26.6. The maximum absolute atomic E-state index is 13.4. The zero-order valence-corrected chi connectivity index (χ0v) is 14.9. The molecule has 3 nitrogen and oxygen atoms in total. The van der Waals surface area contributed by atoms with E-state index in [0.29, 0.717) is 35.2 Å². The lowest BCUT2D eigenvalue weighted by molar-refractivity contribution is 0.276. The molecule has 0 unspecified atom stereocenters. The fourth-order valence-electron chi connectivity index (χ4n) is 3.63. The number of allylic oxidation sites excluding steroid dienone is 1. The van der Waals surface area contributed by atoms with Crippen molar-refractivity contribution in [3.05, 3.63) is 88.2 Å². The van der Waals surface area contributed by atoms with Crippen LogP contribution in [0.3, 0.4) is 0 Å². The van der Waals surface area contributed by atoms with Gasteiger partial charge in [-0.2, -0.15) is 5.26 Å². The third-order valence-electron chi connectivity index (χ3n) is 4.93. The van der Waals surface area contributed by atoms with E-state index in [1.54, 1.807) is 24.3 Å². The Bertz CT molecular complexity index is 1110. The number of hydrogen-bond acceptors (Lipinski definition) is 3. The highest BCUT2D eigenvalue weighted by molar-refractivity contribution is 5.89. The summed E-state index contributed by atoms with van der Waals surface area (Å²) in [4.78, 5) is 4.55. The molecule has 4 rings (SSSR count). The molecule has 2 aromatic carbocycles. The third-order valence-corrected chi connectivity index (χ3v) is 4.93. The Labute approximate surface area is 161 Å². The minimum absolute atomic E-state index is 0.299. The number of rotatable bonds is 3. The van der Waals surface area contributed by atoms with Crippen LogP contribution in [-0.2, 0) is 13.0 Å². The average Bonchev–Trinajstić information content (AvgIpc) is 3.11. The molecule has 0 amide bonds. The number of nitrogens with zero attached hydrogens (tertiary/aromatic N) is 2. The highest BCUT2D eigenvalue weighted by Crippen LogP contribution is 2.41. The van der Waals surface area contributed by atoms with Gasteiger partial charge < -0.3 is 5.11 Å². The van der Waals surface area contributed by atoms with Crippen LogP contribution in [0.4, 0.5) is 8.78 Å². The number of nitriles is 1. The van der Waals surface area contributed by atoms with Gasteiger partial charge in [-0.15, -0.1) is 0 Å². The summed E-state index contributed by atoms with van der Waals surface area (Å²) in [5.74, 6) is -0.654. The number of halogens is 2. The van der Waals surface area contributed by atoms with Gasteiger partial charge in [0.05, 0.1) is 23.6 Å². The number of fused-ring (bicyclic) bond motifs is 1. The predicted molar refractivity (Wildman–Crippen MR) is 103 cm³/mol. The molecule has 5 heteroatoms. The van der Waals surface area contributed by atoms with Gasteiger partial charge >= 0.3 is 0 Å². The van der Waals surface area contributed by atoms with Gasteiger partial charge in [-0.05, 0) is 65.4 Å². The van der Waals surface area contributed by atoms with E-state index in [9.17, 15) is 19.1 Å². The molecule has 1 heterocycles. The van der Waals surface area contributed by atoms with Crippen LogP contribution < -0.4 is 0 Å². The van der Waals surface area contributed by atoms with Crippen molar-refractivity contribution in [3.8, 4) is 17.2 Å². The first-order valence-corrected chi connectivity index (χ1v) is 8.90. The number of aromatic nitrogens is 1. The molecule has 1 aliphatic rings. The molecular weight excluding hydrogens is 358 g/mol. The first-order valence-electron chi connectivity index (χ1n) is 8.90. The van der Waals surface area contributed by atoms with E-state index in [2.05, 4.69) is 11.1 Å². The van der Waals surface area contributed by atoms with E-state index in [-0.39, 0.29) is 18.2 Å². The summed E-state index contributed by atoms with van der Waals surface area (Å²) in [6.45, 7) is -0.367. The molecule has 28 heavy (non-hydrogen) atoms. The summed E-state index contributed by atoms with van der Waals surface area (Å²) in [6.07, 6.45) is 3.34. The molecular formula is C23H16F2N2O. The molecule has 0 bridgehead atoms. The number of aliphatic hydroxyl groups excluding tert-OH is 1. The van der Waals surface area contributed by atoms with Crippen molar-refractivity contribution in [2.45, 2.75) is 19.4 Å². The van der Waals surface area contributed by atoms with E-state index < -0.39 is 0 Å².